The number of aromatic amines is 1. The van der Waals surface area contributed by atoms with Gasteiger partial charge in [0, 0.05) is 36.6 Å². The van der Waals surface area contributed by atoms with E-state index in [-0.39, 0.29) is 0 Å². The summed E-state index contributed by atoms with van der Waals surface area (Å²) in [6, 6.07) is 15.7. The summed E-state index contributed by atoms with van der Waals surface area (Å²) in [5, 5.41) is 10.5. The Bertz CT molecular complexity index is 1260. The summed E-state index contributed by atoms with van der Waals surface area (Å²) in [6.07, 6.45) is 6.80. The summed E-state index contributed by atoms with van der Waals surface area (Å²) < 4.78 is 0. The highest BCUT2D eigenvalue weighted by molar-refractivity contribution is 6.08. The van der Waals surface area contributed by atoms with Crippen molar-refractivity contribution in [1.29, 1.82) is 0 Å². The normalized spacial score (nSPS) is 12.4. The molecule has 0 aliphatic rings. The van der Waals surface area contributed by atoms with E-state index in [4.69, 9.17) is 0 Å². The van der Waals surface area contributed by atoms with Crippen molar-refractivity contribution in [2.45, 2.75) is 20.8 Å². The van der Waals surface area contributed by atoms with Crippen molar-refractivity contribution in [3.63, 3.8) is 0 Å². The van der Waals surface area contributed by atoms with Crippen molar-refractivity contribution in [3.8, 4) is 11.4 Å². The molecule has 2 aromatic carbocycles. The molecule has 3 rings (SSSR count). The van der Waals surface area contributed by atoms with Crippen LogP contribution in [0.3, 0.4) is 0 Å². The maximum Gasteiger partial charge on any atom is 0.246 e. The van der Waals surface area contributed by atoms with E-state index in [0.29, 0.717) is 17.3 Å². The van der Waals surface area contributed by atoms with Crippen molar-refractivity contribution >= 4 is 23.5 Å². The monoisotopic (exact) mass is 453 g/mol. The maximum absolute atomic E-state index is 12.2. The van der Waals surface area contributed by atoms with E-state index in [1.54, 1.807) is 0 Å². The lowest BCUT2D eigenvalue weighted by atomic mass is 9.97. The van der Waals surface area contributed by atoms with Crippen LogP contribution in [0.25, 0.3) is 17.0 Å². The number of aryl methyl sites for hydroxylation is 1. The topological polar surface area (TPSA) is 73.9 Å². The second-order valence-electron chi connectivity index (χ2n) is 8.26. The number of nitrogens with one attached hydrogen (secondary N) is 2. The predicted molar refractivity (Wildman–Crippen MR) is 141 cm³/mol. The van der Waals surface area contributed by atoms with Crippen LogP contribution in [0, 0.1) is 6.92 Å². The van der Waals surface area contributed by atoms with Gasteiger partial charge >= 0.3 is 0 Å². The third kappa shape index (κ3) is 5.98. The molecule has 0 saturated heterocycles. The van der Waals surface area contributed by atoms with Crippen LogP contribution < -0.4 is 5.32 Å². The van der Waals surface area contributed by atoms with Crippen molar-refractivity contribution in [2.24, 2.45) is 0 Å². The molecule has 0 amide bonds. The molecule has 6 heteroatoms. The first kappa shape index (κ1) is 24.5. The first-order valence-electron chi connectivity index (χ1n) is 11.1. The summed E-state index contributed by atoms with van der Waals surface area (Å²) in [5.74, 6) is 1.14. The lowest BCUT2D eigenvalue weighted by molar-refractivity contribution is -0.103. The average Bonchev–Trinajstić information content (AvgIpc) is 3.29. The minimum Gasteiger partial charge on any atom is -0.377 e. The highest BCUT2D eigenvalue weighted by Crippen LogP contribution is 2.27. The molecule has 0 aliphatic carbocycles. The van der Waals surface area contributed by atoms with E-state index >= 15 is 0 Å². The Morgan fingerprint density at radius 2 is 1.85 bits per heavy atom. The van der Waals surface area contributed by atoms with Gasteiger partial charge in [0.05, 0.1) is 0 Å². The third-order valence-electron chi connectivity index (χ3n) is 5.25. The number of allylic oxidation sites excluding steroid dienone is 5. The number of hydrogen-bond acceptors (Lipinski definition) is 5. The van der Waals surface area contributed by atoms with E-state index in [2.05, 4.69) is 27.1 Å². The van der Waals surface area contributed by atoms with Gasteiger partial charge in [-0.05, 0) is 61.8 Å². The molecular weight excluding hydrogens is 422 g/mol. The fraction of sp³-hybridized carbons (Fsp3) is 0.179. The van der Waals surface area contributed by atoms with Gasteiger partial charge in [0.15, 0.2) is 12.1 Å². The van der Waals surface area contributed by atoms with Crippen LogP contribution in [-0.2, 0) is 4.79 Å². The number of likely N-dealkylation sites (N-methyl/N-ethyl adjacent to an activating group) is 1. The second kappa shape index (κ2) is 11.1. The minimum absolute atomic E-state index is 0.457. The van der Waals surface area contributed by atoms with Gasteiger partial charge in [-0.1, -0.05) is 54.6 Å². The zero-order valence-electron chi connectivity index (χ0n) is 20.4. The number of hydrogen-bond donors (Lipinski definition) is 2. The standard InChI is InChI=1S/C28H31N5O/c1-7-21(26(33(5)6)15-19(2)3)16-23(18-34)25-17-24(14-13-20(25)4)29-28-30-27(31-32-28)22-11-9-8-10-12-22/h7-18H,2H2,1,3-6H3,(H2,29,30,31,32)/b21-7?,23-16+,26-15+. The molecule has 0 saturated carbocycles. The quantitative estimate of drug-likeness (QED) is 0.234. The van der Waals surface area contributed by atoms with Crippen molar-refractivity contribution < 1.29 is 4.79 Å². The molecule has 0 bridgehead atoms. The van der Waals surface area contributed by atoms with Gasteiger partial charge in [0.2, 0.25) is 5.95 Å². The van der Waals surface area contributed by atoms with Gasteiger partial charge in [-0.15, -0.1) is 5.10 Å². The van der Waals surface area contributed by atoms with E-state index in [9.17, 15) is 4.79 Å². The van der Waals surface area contributed by atoms with Crippen LogP contribution in [0.1, 0.15) is 25.0 Å². The first-order chi connectivity index (χ1) is 16.3. The molecule has 6 nitrogen and oxygen atoms in total. The molecule has 2 N–H and O–H groups in total. The van der Waals surface area contributed by atoms with Gasteiger partial charge < -0.3 is 10.2 Å². The molecule has 0 atom stereocenters. The van der Waals surface area contributed by atoms with Gasteiger partial charge in [-0.2, -0.15) is 4.98 Å². The zero-order valence-corrected chi connectivity index (χ0v) is 20.4. The fourth-order valence-corrected chi connectivity index (χ4v) is 3.53. The summed E-state index contributed by atoms with van der Waals surface area (Å²) in [5.41, 5.74) is 7.03. The maximum atomic E-state index is 12.2. The number of anilines is 2. The number of carbonyl (C=O) groups excluding carboxylic acids is 1. The van der Waals surface area contributed by atoms with Crippen molar-refractivity contribution in [1.82, 2.24) is 20.1 Å². The van der Waals surface area contributed by atoms with Gasteiger partial charge in [-0.25, -0.2) is 0 Å². The third-order valence-corrected chi connectivity index (χ3v) is 5.25. The van der Waals surface area contributed by atoms with Crippen LogP contribution in [-0.4, -0.2) is 40.5 Å². The minimum atomic E-state index is 0.457. The highest BCUT2D eigenvalue weighted by Gasteiger charge is 2.12. The SMILES string of the molecule is C=C(C)/C=C(\C(=CC)/C=C(\C=O)c1cc(Nc2n[nH]c(-c3ccccc3)n2)ccc1C)N(C)C. The number of carbonyl (C=O) groups is 1. The summed E-state index contributed by atoms with van der Waals surface area (Å²) in [7, 11) is 3.95. The highest BCUT2D eigenvalue weighted by atomic mass is 16.1. The number of rotatable bonds is 9. The molecule has 1 heterocycles. The lowest BCUT2D eigenvalue weighted by Crippen LogP contribution is -2.13. The zero-order chi connectivity index (χ0) is 24.7. The molecule has 3 aromatic rings. The van der Waals surface area contributed by atoms with Crippen LogP contribution in [0.15, 0.2) is 90.2 Å². The second-order valence-corrected chi connectivity index (χ2v) is 8.26. The predicted octanol–water partition coefficient (Wildman–Crippen LogP) is 6.07. The molecule has 0 radical (unpaired) electrons. The lowest BCUT2D eigenvalue weighted by Gasteiger charge is -2.19. The molecule has 0 fully saturated rings. The number of nitrogens with zero attached hydrogens (tertiary/aromatic N) is 3. The van der Waals surface area contributed by atoms with E-state index in [1.165, 1.54) is 0 Å². The van der Waals surface area contributed by atoms with Gasteiger partial charge in [0.25, 0.3) is 0 Å². The Labute approximate surface area is 201 Å². The Kier molecular flexibility index (Phi) is 7.98. The molecule has 0 unspecified atom stereocenters. The Morgan fingerprint density at radius 3 is 2.47 bits per heavy atom. The summed E-state index contributed by atoms with van der Waals surface area (Å²) in [4.78, 5) is 18.7. The van der Waals surface area contributed by atoms with Crippen LogP contribution in [0.4, 0.5) is 11.6 Å². The first-order valence-corrected chi connectivity index (χ1v) is 11.1. The average molecular weight is 454 g/mol. The molecule has 0 aliphatic heterocycles. The smallest absolute Gasteiger partial charge is 0.246 e. The number of benzene rings is 2. The molecule has 0 spiro atoms. The van der Waals surface area contributed by atoms with E-state index in [0.717, 1.165) is 45.5 Å². The Morgan fingerprint density at radius 1 is 1.12 bits per heavy atom. The van der Waals surface area contributed by atoms with Gasteiger partial charge in [-0.3, -0.25) is 9.89 Å². The number of H-pyrrole nitrogens is 1. The summed E-state index contributed by atoms with van der Waals surface area (Å²) >= 11 is 0. The fourth-order valence-electron chi connectivity index (χ4n) is 3.53. The number of aldehydes is 1. The van der Waals surface area contributed by atoms with Crippen molar-refractivity contribution in [3.05, 3.63) is 101 Å². The van der Waals surface area contributed by atoms with Gasteiger partial charge in [0.1, 0.15) is 0 Å². The van der Waals surface area contributed by atoms with E-state index < -0.39 is 0 Å². The van der Waals surface area contributed by atoms with Crippen LogP contribution in [0.2, 0.25) is 0 Å². The largest absolute Gasteiger partial charge is 0.377 e. The molecule has 34 heavy (non-hydrogen) atoms. The Hall–Kier alpha value is -4.19. The molecule has 1 aromatic heterocycles. The molecular formula is C28H31N5O. The van der Waals surface area contributed by atoms with Crippen molar-refractivity contribution in [2.75, 3.05) is 19.4 Å². The number of aromatic nitrogens is 3. The Balaban J connectivity index is 1.93. The van der Waals surface area contributed by atoms with Crippen LogP contribution in [0.5, 0.6) is 0 Å². The molecule has 174 valence electrons. The summed E-state index contributed by atoms with van der Waals surface area (Å²) in [6.45, 7) is 9.90. The van der Waals surface area contributed by atoms with Crippen LogP contribution >= 0.6 is 0 Å². The van der Waals surface area contributed by atoms with E-state index in [1.807, 2.05) is 107 Å².